The van der Waals surface area contributed by atoms with Gasteiger partial charge in [-0.3, -0.25) is 14.9 Å². The van der Waals surface area contributed by atoms with E-state index in [0.29, 0.717) is 38.6 Å². The van der Waals surface area contributed by atoms with Crippen LogP contribution in [-0.2, 0) is 0 Å². The van der Waals surface area contributed by atoms with Crippen molar-refractivity contribution >= 4 is 34.4 Å². The second-order valence-corrected chi connectivity index (χ2v) is 7.13. The Kier molecular flexibility index (Phi) is 5.64. The molecule has 1 N–H and O–H groups in total. The van der Waals surface area contributed by atoms with Crippen LogP contribution in [0.5, 0.6) is 11.5 Å². The fourth-order valence-electron chi connectivity index (χ4n) is 3.21. The molecule has 0 saturated carbocycles. The average Bonchev–Trinajstić information content (AvgIpc) is 2.80. The first-order valence-electron chi connectivity index (χ1n) is 9.36. The van der Waals surface area contributed by atoms with E-state index in [4.69, 9.17) is 25.5 Å². The smallest absolute Gasteiger partial charge is 0.258 e. The van der Waals surface area contributed by atoms with Gasteiger partial charge in [0.25, 0.3) is 5.91 Å². The van der Waals surface area contributed by atoms with Gasteiger partial charge in [0.15, 0.2) is 0 Å². The summed E-state index contributed by atoms with van der Waals surface area (Å²) in [5, 5.41) is 3.46. The van der Waals surface area contributed by atoms with Crippen molar-refractivity contribution in [1.29, 1.82) is 0 Å². The molecule has 0 aliphatic carbocycles. The van der Waals surface area contributed by atoms with Crippen LogP contribution in [0.3, 0.4) is 0 Å². The number of halogens is 1. The third-order valence-corrected chi connectivity index (χ3v) is 5.03. The molecule has 4 rings (SSSR count). The van der Waals surface area contributed by atoms with Gasteiger partial charge in [0.1, 0.15) is 17.1 Å². The lowest BCUT2D eigenvalue weighted by Crippen LogP contribution is -2.16. The summed E-state index contributed by atoms with van der Waals surface area (Å²) in [7, 11) is 3.08. The van der Waals surface area contributed by atoms with E-state index in [-0.39, 0.29) is 16.9 Å². The number of ether oxygens (including phenoxy) is 2. The third-order valence-electron chi connectivity index (χ3n) is 4.79. The first-order chi connectivity index (χ1) is 15.0. The Morgan fingerprint density at radius 2 is 1.68 bits per heavy atom. The fraction of sp³-hybridized carbons (Fsp3) is 0.0833. The first kappa shape index (κ1) is 20.5. The van der Waals surface area contributed by atoms with Crippen LogP contribution in [0.1, 0.15) is 10.4 Å². The minimum absolute atomic E-state index is 0.0396. The largest absolute Gasteiger partial charge is 0.497 e. The molecular formula is C24H18ClNO5. The molecular weight excluding hydrogens is 418 g/mol. The molecule has 0 spiro atoms. The SMILES string of the molecule is COc1ccc(-c2c(NC(=O)c3cccc(OC)c3)oc3ccc(Cl)cc3c2=O)cc1. The lowest BCUT2D eigenvalue weighted by Gasteiger charge is -2.12. The molecule has 1 amide bonds. The number of hydrogen-bond acceptors (Lipinski definition) is 5. The van der Waals surface area contributed by atoms with Crippen LogP contribution in [0.2, 0.25) is 5.02 Å². The highest BCUT2D eigenvalue weighted by Crippen LogP contribution is 2.31. The number of rotatable bonds is 5. The van der Waals surface area contributed by atoms with Crippen molar-refractivity contribution in [3.8, 4) is 22.6 Å². The van der Waals surface area contributed by atoms with Gasteiger partial charge in [0.05, 0.1) is 25.2 Å². The van der Waals surface area contributed by atoms with Crippen molar-refractivity contribution in [2.45, 2.75) is 0 Å². The van der Waals surface area contributed by atoms with E-state index < -0.39 is 5.91 Å². The van der Waals surface area contributed by atoms with Crippen molar-refractivity contribution in [2.75, 3.05) is 19.5 Å². The maximum Gasteiger partial charge on any atom is 0.258 e. The van der Waals surface area contributed by atoms with Gasteiger partial charge in [-0.1, -0.05) is 29.8 Å². The molecule has 6 nitrogen and oxygen atoms in total. The van der Waals surface area contributed by atoms with E-state index in [2.05, 4.69) is 5.32 Å². The summed E-state index contributed by atoms with van der Waals surface area (Å²) < 4.78 is 16.3. The Balaban J connectivity index is 1.86. The molecule has 0 fully saturated rings. The zero-order valence-electron chi connectivity index (χ0n) is 16.8. The topological polar surface area (TPSA) is 77.8 Å². The Morgan fingerprint density at radius 1 is 0.935 bits per heavy atom. The predicted molar refractivity (Wildman–Crippen MR) is 120 cm³/mol. The maximum atomic E-state index is 13.4. The molecule has 0 atom stereocenters. The van der Waals surface area contributed by atoms with Crippen LogP contribution in [0, 0.1) is 0 Å². The summed E-state index contributed by atoms with van der Waals surface area (Å²) in [5.74, 6) is 0.777. The molecule has 7 heteroatoms. The van der Waals surface area contributed by atoms with Crippen molar-refractivity contribution in [2.24, 2.45) is 0 Å². The number of amides is 1. The molecule has 0 bridgehead atoms. The number of carbonyl (C=O) groups is 1. The molecule has 0 aliphatic rings. The second-order valence-electron chi connectivity index (χ2n) is 6.69. The molecule has 4 aromatic rings. The van der Waals surface area contributed by atoms with E-state index >= 15 is 0 Å². The fourth-order valence-corrected chi connectivity index (χ4v) is 3.39. The lowest BCUT2D eigenvalue weighted by molar-refractivity contribution is 0.102. The highest BCUT2D eigenvalue weighted by atomic mass is 35.5. The molecule has 1 aromatic heterocycles. The average molecular weight is 436 g/mol. The number of anilines is 1. The minimum atomic E-state index is -0.440. The maximum absolute atomic E-state index is 13.4. The summed E-state index contributed by atoms with van der Waals surface area (Å²) in [6.07, 6.45) is 0. The number of carbonyl (C=O) groups excluding carboxylic acids is 1. The summed E-state index contributed by atoms with van der Waals surface area (Å²) >= 11 is 6.08. The van der Waals surface area contributed by atoms with Gasteiger partial charge < -0.3 is 13.9 Å². The van der Waals surface area contributed by atoms with Gasteiger partial charge in [-0.2, -0.15) is 0 Å². The third kappa shape index (κ3) is 4.11. The van der Waals surface area contributed by atoms with Crippen molar-refractivity contribution in [1.82, 2.24) is 0 Å². The Bertz CT molecular complexity index is 1330. The molecule has 3 aromatic carbocycles. The Hall–Kier alpha value is -3.77. The molecule has 156 valence electrons. The highest BCUT2D eigenvalue weighted by Gasteiger charge is 2.19. The monoisotopic (exact) mass is 435 g/mol. The van der Waals surface area contributed by atoms with Crippen LogP contribution in [0.25, 0.3) is 22.1 Å². The molecule has 1 heterocycles. The number of nitrogens with one attached hydrogen (secondary N) is 1. The van der Waals surface area contributed by atoms with Crippen LogP contribution >= 0.6 is 11.6 Å². The van der Waals surface area contributed by atoms with Crippen LogP contribution in [0.15, 0.2) is 75.9 Å². The zero-order valence-corrected chi connectivity index (χ0v) is 17.5. The van der Waals surface area contributed by atoms with Gasteiger partial charge in [0, 0.05) is 10.6 Å². The summed E-state index contributed by atoms with van der Waals surface area (Å²) in [6.45, 7) is 0. The lowest BCUT2D eigenvalue weighted by atomic mass is 10.0. The minimum Gasteiger partial charge on any atom is -0.497 e. The van der Waals surface area contributed by atoms with E-state index in [1.54, 1.807) is 73.8 Å². The summed E-state index contributed by atoms with van der Waals surface area (Å²) in [4.78, 5) is 26.3. The number of fused-ring (bicyclic) bond motifs is 1. The first-order valence-corrected chi connectivity index (χ1v) is 9.74. The predicted octanol–water partition coefficient (Wildman–Crippen LogP) is 5.38. The highest BCUT2D eigenvalue weighted by molar-refractivity contribution is 6.31. The van der Waals surface area contributed by atoms with Crippen molar-refractivity contribution in [3.05, 3.63) is 87.5 Å². The van der Waals surface area contributed by atoms with E-state index in [1.807, 2.05) is 0 Å². The van der Waals surface area contributed by atoms with Gasteiger partial charge in [-0.15, -0.1) is 0 Å². The summed E-state index contributed by atoms with van der Waals surface area (Å²) in [5.41, 5.74) is 1.15. The standard InChI is InChI=1S/C24H18ClNO5/c1-29-17-9-6-14(7-10-17)21-22(27)19-13-16(25)8-11-20(19)31-24(21)26-23(28)15-4-3-5-18(12-15)30-2/h3-13H,1-2H3,(H,26,28). The van der Waals surface area contributed by atoms with Crippen molar-refractivity contribution < 1.29 is 18.7 Å². The van der Waals surface area contributed by atoms with E-state index in [1.165, 1.54) is 7.11 Å². The second kappa shape index (κ2) is 8.53. The molecule has 0 radical (unpaired) electrons. The van der Waals surface area contributed by atoms with Gasteiger partial charge in [-0.05, 0) is 54.1 Å². The van der Waals surface area contributed by atoms with Gasteiger partial charge in [0.2, 0.25) is 11.3 Å². The van der Waals surface area contributed by atoms with Crippen LogP contribution < -0.4 is 20.2 Å². The van der Waals surface area contributed by atoms with Crippen molar-refractivity contribution in [3.63, 3.8) is 0 Å². The van der Waals surface area contributed by atoms with Gasteiger partial charge in [-0.25, -0.2) is 0 Å². The normalized spacial score (nSPS) is 10.7. The molecule has 0 saturated heterocycles. The molecule has 0 aliphatic heterocycles. The molecule has 31 heavy (non-hydrogen) atoms. The number of benzene rings is 3. The van der Waals surface area contributed by atoms with E-state index in [0.717, 1.165) is 0 Å². The van der Waals surface area contributed by atoms with Gasteiger partial charge >= 0.3 is 0 Å². The van der Waals surface area contributed by atoms with Crippen LogP contribution in [-0.4, -0.2) is 20.1 Å². The quantitative estimate of drug-likeness (QED) is 0.455. The number of methoxy groups -OCH3 is 2. The number of hydrogen-bond donors (Lipinski definition) is 1. The van der Waals surface area contributed by atoms with E-state index in [9.17, 15) is 9.59 Å². The Labute approximate surface area is 183 Å². The van der Waals surface area contributed by atoms with Crippen LogP contribution in [0.4, 0.5) is 5.88 Å². The molecule has 0 unspecified atom stereocenters. The zero-order chi connectivity index (χ0) is 22.0. The summed E-state index contributed by atoms with van der Waals surface area (Å²) in [6, 6.07) is 18.3. The Morgan fingerprint density at radius 3 is 2.39 bits per heavy atom.